The number of nitrogens with one attached hydrogen (secondary N) is 2. The van der Waals surface area contributed by atoms with Crippen molar-refractivity contribution >= 4 is 33.6 Å². The molecule has 2 N–H and O–H groups in total. The number of carbonyl (C=O) groups excluding carboxylic acids is 2. The van der Waals surface area contributed by atoms with Gasteiger partial charge in [-0.25, -0.2) is 17.9 Å². The molecule has 3 amide bonds. The fraction of sp³-hybridized carbons (Fsp3) is 0.529. The number of hydrogen-bond donors (Lipinski definition) is 2. The lowest BCUT2D eigenvalue weighted by molar-refractivity contribution is -0.137. The summed E-state index contributed by atoms with van der Waals surface area (Å²) >= 11 is 5.76. The second kappa shape index (κ2) is 7.77. The predicted molar refractivity (Wildman–Crippen MR) is 97.7 cm³/mol. The van der Waals surface area contributed by atoms with Crippen molar-refractivity contribution in [2.75, 3.05) is 13.1 Å². The quantitative estimate of drug-likeness (QED) is 0.511. The number of halogens is 4. The second-order valence-electron chi connectivity index (χ2n) is 7.07. The standard InChI is InChI=1S/C17H19ClF3N3O4S/c18-12-5-4-11(17(19,20)21)10-13(12)29(27,28)22-8-3-9-24-14(25)16(23-15(24)26)6-1-2-7-16/h4-5,10,22H,1-3,6-9H2,(H,23,26). The highest BCUT2D eigenvalue weighted by Crippen LogP contribution is 2.35. The van der Waals surface area contributed by atoms with Gasteiger partial charge < -0.3 is 5.32 Å². The van der Waals surface area contributed by atoms with Crippen LogP contribution in [0.4, 0.5) is 18.0 Å². The van der Waals surface area contributed by atoms with Gasteiger partial charge in [-0.15, -0.1) is 0 Å². The van der Waals surface area contributed by atoms with Crippen LogP contribution in [0.2, 0.25) is 5.02 Å². The summed E-state index contributed by atoms with van der Waals surface area (Å²) in [5.74, 6) is -0.316. The highest BCUT2D eigenvalue weighted by Gasteiger charge is 2.52. The molecule has 0 unspecified atom stereocenters. The van der Waals surface area contributed by atoms with Gasteiger partial charge in [-0.2, -0.15) is 13.2 Å². The van der Waals surface area contributed by atoms with E-state index in [1.165, 1.54) is 0 Å². The summed E-state index contributed by atoms with van der Waals surface area (Å²) in [5.41, 5.74) is -1.98. The van der Waals surface area contributed by atoms with Crippen molar-refractivity contribution in [2.24, 2.45) is 0 Å². The molecule has 0 bridgehead atoms. The van der Waals surface area contributed by atoms with Crippen LogP contribution in [0.25, 0.3) is 0 Å². The molecular weight excluding hydrogens is 435 g/mol. The van der Waals surface area contributed by atoms with Crippen molar-refractivity contribution in [1.29, 1.82) is 0 Å². The molecule has 0 radical (unpaired) electrons. The third-order valence-corrected chi connectivity index (χ3v) is 7.04. The van der Waals surface area contributed by atoms with Gasteiger partial charge in [0.25, 0.3) is 5.91 Å². The largest absolute Gasteiger partial charge is 0.416 e. The van der Waals surface area contributed by atoms with Gasteiger partial charge >= 0.3 is 12.2 Å². The molecule has 2 fully saturated rings. The van der Waals surface area contributed by atoms with Crippen LogP contribution < -0.4 is 10.0 Å². The van der Waals surface area contributed by atoms with Gasteiger partial charge in [0.05, 0.1) is 10.6 Å². The number of sulfonamides is 1. The van der Waals surface area contributed by atoms with E-state index in [0.717, 1.165) is 23.8 Å². The lowest BCUT2D eigenvalue weighted by Crippen LogP contribution is -2.44. The predicted octanol–water partition coefficient (Wildman–Crippen LogP) is 2.89. The minimum absolute atomic E-state index is 0.00867. The average Bonchev–Trinajstić information content (AvgIpc) is 3.18. The molecule has 1 aromatic rings. The third kappa shape index (κ3) is 4.36. The monoisotopic (exact) mass is 453 g/mol. The molecule has 1 aromatic carbocycles. The Kier molecular flexibility index (Phi) is 5.85. The minimum Gasteiger partial charge on any atom is -0.323 e. The summed E-state index contributed by atoms with van der Waals surface area (Å²) in [6.45, 7) is -0.190. The average molecular weight is 454 g/mol. The molecule has 1 aliphatic carbocycles. The maximum atomic E-state index is 12.8. The molecule has 2 aliphatic rings. The number of benzene rings is 1. The number of nitrogens with zero attached hydrogens (tertiary/aromatic N) is 1. The molecule has 0 atom stereocenters. The zero-order valence-corrected chi connectivity index (χ0v) is 16.8. The fourth-order valence-corrected chi connectivity index (χ4v) is 5.20. The summed E-state index contributed by atoms with van der Waals surface area (Å²) in [6, 6.07) is 1.51. The topological polar surface area (TPSA) is 95.6 Å². The number of rotatable bonds is 6. The minimum atomic E-state index is -4.71. The van der Waals surface area contributed by atoms with Gasteiger partial charge in [0.1, 0.15) is 10.4 Å². The Morgan fingerprint density at radius 2 is 1.86 bits per heavy atom. The van der Waals surface area contributed by atoms with Crippen molar-refractivity contribution < 1.29 is 31.2 Å². The Morgan fingerprint density at radius 1 is 1.21 bits per heavy atom. The first-order valence-corrected chi connectivity index (χ1v) is 10.8. The SMILES string of the molecule is O=C1NC2(CCCC2)C(=O)N1CCCNS(=O)(=O)c1cc(C(F)(F)F)ccc1Cl. The summed E-state index contributed by atoms with van der Waals surface area (Å²) < 4.78 is 65.3. The summed E-state index contributed by atoms with van der Waals surface area (Å²) in [7, 11) is -4.30. The molecule has 29 heavy (non-hydrogen) atoms. The van der Waals surface area contributed by atoms with Crippen molar-refractivity contribution in [3.63, 3.8) is 0 Å². The third-order valence-electron chi connectivity index (χ3n) is 5.10. The molecule has 7 nitrogen and oxygen atoms in total. The number of carbonyl (C=O) groups is 2. The lowest BCUT2D eigenvalue weighted by Gasteiger charge is -2.20. The Hall–Kier alpha value is -1.85. The van der Waals surface area contributed by atoms with Crippen LogP contribution in [-0.2, 0) is 21.0 Å². The highest BCUT2D eigenvalue weighted by molar-refractivity contribution is 7.89. The van der Waals surface area contributed by atoms with Gasteiger partial charge in [-0.3, -0.25) is 9.69 Å². The van der Waals surface area contributed by atoms with E-state index in [9.17, 15) is 31.2 Å². The molecule has 1 saturated carbocycles. The van der Waals surface area contributed by atoms with E-state index in [1.807, 2.05) is 0 Å². The normalized spacial score (nSPS) is 19.2. The van der Waals surface area contributed by atoms with E-state index < -0.39 is 38.2 Å². The Balaban J connectivity index is 1.61. The van der Waals surface area contributed by atoms with Crippen LogP contribution in [0.5, 0.6) is 0 Å². The van der Waals surface area contributed by atoms with Crippen LogP contribution in [0.15, 0.2) is 23.1 Å². The molecule has 1 saturated heterocycles. The first kappa shape index (κ1) is 21.8. The molecule has 1 spiro atoms. The van der Waals surface area contributed by atoms with E-state index in [-0.39, 0.29) is 30.4 Å². The van der Waals surface area contributed by atoms with Crippen LogP contribution >= 0.6 is 11.6 Å². The molecule has 12 heteroatoms. The smallest absolute Gasteiger partial charge is 0.323 e. The zero-order chi connectivity index (χ0) is 21.4. The lowest BCUT2D eigenvalue weighted by atomic mass is 9.98. The summed E-state index contributed by atoms with van der Waals surface area (Å²) in [4.78, 5) is 24.9. The van der Waals surface area contributed by atoms with Crippen molar-refractivity contribution in [2.45, 2.75) is 48.7 Å². The van der Waals surface area contributed by atoms with Gasteiger partial charge in [-0.1, -0.05) is 24.4 Å². The molecule has 1 heterocycles. The first-order valence-electron chi connectivity index (χ1n) is 8.97. The van der Waals surface area contributed by atoms with Gasteiger partial charge in [0.15, 0.2) is 0 Å². The van der Waals surface area contributed by atoms with Crippen molar-refractivity contribution in [3.05, 3.63) is 28.8 Å². The number of imide groups is 1. The van der Waals surface area contributed by atoms with Crippen LogP contribution in [0.3, 0.4) is 0 Å². The Morgan fingerprint density at radius 3 is 2.48 bits per heavy atom. The fourth-order valence-electron chi connectivity index (χ4n) is 3.60. The van der Waals surface area contributed by atoms with Crippen molar-refractivity contribution in [1.82, 2.24) is 14.9 Å². The summed E-state index contributed by atoms with van der Waals surface area (Å²) in [6.07, 6.45) is -1.77. The van der Waals surface area contributed by atoms with Gasteiger partial charge in [0, 0.05) is 13.1 Å². The van der Waals surface area contributed by atoms with E-state index in [0.29, 0.717) is 25.0 Å². The second-order valence-corrected chi connectivity index (χ2v) is 9.21. The molecule has 3 rings (SSSR count). The summed E-state index contributed by atoms with van der Waals surface area (Å²) in [5, 5.41) is 2.37. The van der Waals surface area contributed by atoms with E-state index in [1.54, 1.807) is 0 Å². The molecular formula is C17H19ClF3N3O4S. The highest BCUT2D eigenvalue weighted by atomic mass is 35.5. The number of amides is 3. The Labute approximate surface area is 170 Å². The molecule has 160 valence electrons. The molecule has 1 aliphatic heterocycles. The van der Waals surface area contributed by atoms with Crippen LogP contribution in [0.1, 0.15) is 37.7 Å². The molecule has 0 aromatic heterocycles. The maximum absolute atomic E-state index is 12.8. The van der Waals surface area contributed by atoms with Crippen LogP contribution in [-0.4, -0.2) is 43.9 Å². The number of alkyl halides is 3. The number of urea groups is 1. The van der Waals surface area contributed by atoms with Crippen LogP contribution in [0, 0.1) is 0 Å². The zero-order valence-electron chi connectivity index (χ0n) is 15.2. The van der Waals surface area contributed by atoms with Gasteiger partial charge in [0.2, 0.25) is 10.0 Å². The Bertz CT molecular complexity index is 930. The van der Waals surface area contributed by atoms with Crippen molar-refractivity contribution in [3.8, 4) is 0 Å². The van der Waals surface area contributed by atoms with E-state index >= 15 is 0 Å². The van der Waals surface area contributed by atoms with E-state index in [4.69, 9.17) is 11.6 Å². The number of hydrogen-bond acceptors (Lipinski definition) is 4. The first-order chi connectivity index (χ1) is 13.5. The van der Waals surface area contributed by atoms with Gasteiger partial charge in [-0.05, 0) is 37.5 Å². The maximum Gasteiger partial charge on any atom is 0.416 e. The van der Waals surface area contributed by atoms with E-state index in [2.05, 4.69) is 10.0 Å².